The van der Waals surface area contributed by atoms with E-state index in [0.717, 1.165) is 0 Å². The summed E-state index contributed by atoms with van der Waals surface area (Å²) in [7, 11) is -3.25. The van der Waals surface area contributed by atoms with Crippen LogP contribution in [0.2, 0.25) is 0 Å². The summed E-state index contributed by atoms with van der Waals surface area (Å²) in [5.41, 5.74) is 2.30. The molecule has 1 aliphatic rings. The van der Waals surface area contributed by atoms with Crippen LogP contribution in [0.4, 0.5) is 17.1 Å². The molecule has 0 unspecified atom stereocenters. The van der Waals surface area contributed by atoms with E-state index in [9.17, 15) is 18.0 Å². The average Bonchev–Trinajstić information content (AvgIpc) is 3.14. The Labute approximate surface area is 180 Å². The zero-order valence-electron chi connectivity index (χ0n) is 16.6. The number of nitrogens with one attached hydrogen (secondary N) is 2. The highest BCUT2D eigenvalue weighted by Crippen LogP contribution is 2.26. The molecule has 31 heavy (non-hydrogen) atoms. The molecule has 0 saturated carbocycles. The summed E-state index contributed by atoms with van der Waals surface area (Å²) in [6.07, 6.45) is 0.603. The molecule has 2 N–H and O–H groups in total. The molecular formula is C23H21N3O4S. The Bertz CT molecular complexity index is 1210. The van der Waals surface area contributed by atoms with Gasteiger partial charge in [0.2, 0.25) is 10.0 Å². The van der Waals surface area contributed by atoms with Crippen molar-refractivity contribution in [3.8, 4) is 0 Å². The monoisotopic (exact) mass is 435 g/mol. The first-order valence-corrected chi connectivity index (χ1v) is 11.4. The summed E-state index contributed by atoms with van der Waals surface area (Å²) in [5.74, 6) is -0.542. The van der Waals surface area contributed by atoms with E-state index in [1.165, 1.54) is 4.31 Å². The van der Waals surface area contributed by atoms with Crippen LogP contribution in [0.3, 0.4) is 0 Å². The zero-order valence-corrected chi connectivity index (χ0v) is 17.4. The summed E-state index contributed by atoms with van der Waals surface area (Å²) in [6.45, 7) is 0.461. The van der Waals surface area contributed by atoms with Gasteiger partial charge in [-0.05, 0) is 55.0 Å². The number of rotatable bonds is 5. The third-order valence-electron chi connectivity index (χ3n) is 4.97. The van der Waals surface area contributed by atoms with Gasteiger partial charge >= 0.3 is 0 Å². The summed E-state index contributed by atoms with van der Waals surface area (Å²) in [4.78, 5) is 25.3. The Balaban J connectivity index is 1.48. The Morgan fingerprint density at radius 1 is 0.774 bits per heavy atom. The molecule has 3 aromatic rings. The van der Waals surface area contributed by atoms with Crippen molar-refractivity contribution in [1.29, 1.82) is 0 Å². The maximum absolute atomic E-state index is 12.8. The Morgan fingerprint density at radius 2 is 1.45 bits per heavy atom. The van der Waals surface area contributed by atoms with Gasteiger partial charge in [0.05, 0.1) is 22.7 Å². The summed E-state index contributed by atoms with van der Waals surface area (Å²) >= 11 is 0. The fraction of sp³-hybridized carbons (Fsp3) is 0.130. The number of carbonyl (C=O) groups is 2. The molecule has 0 atom stereocenters. The van der Waals surface area contributed by atoms with Gasteiger partial charge in [-0.2, -0.15) is 0 Å². The van der Waals surface area contributed by atoms with E-state index in [-0.39, 0.29) is 17.6 Å². The van der Waals surface area contributed by atoms with Crippen LogP contribution in [-0.4, -0.2) is 32.5 Å². The molecular weight excluding hydrogens is 414 g/mol. The van der Waals surface area contributed by atoms with Crippen LogP contribution in [0.1, 0.15) is 27.1 Å². The summed E-state index contributed by atoms with van der Waals surface area (Å²) in [6, 6.07) is 22.1. The number of nitrogens with zero attached hydrogens (tertiary/aromatic N) is 1. The van der Waals surface area contributed by atoms with Gasteiger partial charge in [0.1, 0.15) is 0 Å². The van der Waals surface area contributed by atoms with Crippen LogP contribution in [0.5, 0.6) is 0 Å². The number of hydrogen-bond donors (Lipinski definition) is 2. The third-order valence-corrected chi connectivity index (χ3v) is 6.84. The number of para-hydroxylation sites is 1. The van der Waals surface area contributed by atoms with Crippen LogP contribution in [0, 0.1) is 0 Å². The van der Waals surface area contributed by atoms with Gasteiger partial charge in [0.15, 0.2) is 0 Å². The average molecular weight is 436 g/mol. The predicted molar refractivity (Wildman–Crippen MR) is 121 cm³/mol. The predicted octanol–water partition coefficient (Wildman–Crippen LogP) is 3.73. The topological polar surface area (TPSA) is 95.6 Å². The van der Waals surface area contributed by atoms with Crippen molar-refractivity contribution >= 4 is 38.9 Å². The smallest absolute Gasteiger partial charge is 0.257 e. The Hall–Kier alpha value is -3.65. The highest BCUT2D eigenvalue weighted by Gasteiger charge is 2.28. The second-order valence-corrected chi connectivity index (χ2v) is 9.12. The van der Waals surface area contributed by atoms with Crippen molar-refractivity contribution in [2.24, 2.45) is 0 Å². The van der Waals surface area contributed by atoms with Crippen molar-refractivity contribution in [2.75, 3.05) is 27.2 Å². The zero-order chi connectivity index (χ0) is 21.8. The van der Waals surface area contributed by atoms with Gasteiger partial charge in [-0.1, -0.05) is 30.3 Å². The number of sulfonamides is 1. The second kappa shape index (κ2) is 8.61. The van der Waals surface area contributed by atoms with Gasteiger partial charge in [-0.3, -0.25) is 13.9 Å². The van der Waals surface area contributed by atoms with E-state index < -0.39 is 10.0 Å². The van der Waals surface area contributed by atoms with Crippen LogP contribution < -0.4 is 14.9 Å². The molecule has 1 heterocycles. The van der Waals surface area contributed by atoms with Crippen molar-refractivity contribution < 1.29 is 18.0 Å². The van der Waals surface area contributed by atoms with Crippen molar-refractivity contribution in [3.63, 3.8) is 0 Å². The third kappa shape index (κ3) is 4.59. The van der Waals surface area contributed by atoms with Crippen molar-refractivity contribution in [3.05, 3.63) is 90.0 Å². The van der Waals surface area contributed by atoms with Crippen LogP contribution in [0.15, 0.2) is 78.9 Å². The molecule has 0 spiro atoms. The van der Waals surface area contributed by atoms with E-state index in [0.29, 0.717) is 41.2 Å². The number of benzene rings is 3. The van der Waals surface area contributed by atoms with E-state index in [4.69, 9.17) is 0 Å². The number of carbonyl (C=O) groups excluding carboxylic acids is 2. The molecule has 8 heteroatoms. The minimum absolute atomic E-state index is 0.150. The number of hydrogen-bond acceptors (Lipinski definition) is 4. The molecule has 0 radical (unpaired) electrons. The molecule has 4 rings (SSSR count). The second-order valence-electron chi connectivity index (χ2n) is 7.11. The van der Waals surface area contributed by atoms with Gasteiger partial charge in [0.25, 0.3) is 11.8 Å². The summed E-state index contributed by atoms with van der Waals surface area (Å²) in [5, 5.41) is 5.57. The molecule has 0 bridgehead atoms. The molecule has 7 nitrogen and oxygen atoms in total. The van der Waals surface area contributed by atoms with E-state index >= 15 is 0 Å². The maximum atomic E-state index is 12.8. The molecule has 0 aromatic heterocycles. The fourth-order valence-corrected chi connectivity index (χ4v) is 4.98. The van der Waals surface area contributed by atoms with E-state index in [1.807, 2.05) is 6.07 Å². The standard InChI is InChI=1S/C23H21N3O4S/c27-22(17-7-2-1-3-8-17)25-21-10-5-4-9-20(21)23(28)24-18-11-13-19(14-12-18)26-15-6-16-31(26,29)30/h1-5,7-14H,6,15-16H2,(H,24,28)(H,25,27). The van der Waals surface area contributed by atoms with Gasteiger partial charge < -0.3 is 10.6 Å². The summed E-state index contributed by atoms with van der Waals surface area (Å²) < 4.78 is 25.5. The first-order valence-electron chi connectivity index (χ1n) is 9.81. The van der Waals surface area contributed by atoms with Gasteiger partial charge in [-0.25, -0.2) is 8.42 Å². The van der Waals surface area contributed by atoms with Crippen LogP contribution in [-0.2, 0) is 10.0 Å². The normalized spacial score (nSPS) is 14.8. The molecule has 1 saturated heterocycles. The lowest BCUT2D eigenvalue weighted by molar-refractivity contribution is 0.102. The SMILES string of the molecule is O=C(Nc1ccccc1C(=O)Nc1ccc(N2CCCS2(=O)=O)cc1)c1ccccc1. The molecule has 1 aliphatic heterocycles. The van der Waals surface area contributed by atoms with E-state index in [1.54, 1.807) is 72.8 Å². The number of anilines is 3. The Kier molecular flexibility index (Phi) is 5.73. The molecule has 2 amide bonds. The largest absolute Gasteiger partial charge is 0.322 e. The lowest BCUT2D eigenvalue weighted by Crippen LogP contribution is -2.25. The Morgan fingerprint density at radius 3 is 2.13 bits per heavy atom. The lowest BCUT2D eigenvalue weighted by atomic mass is 10.1. The molecule has 0 aliphatic carbocycles. The van der Waals surface area contributed by atoms with Crippen LogP contribution in [0.25, 0.3) is 0 Å². The number of amides is 2. The van der Waals surface area contributed by atoms with Crippen molar-refractivity contribution in [2.45, 2.75) is 6.42 Å². The molecule has 158 valence electrons. The first-order chi connectivity index (χ1) is 14.9. The lowest BCUT2D eigenvalue weighted by Gasteiger charge is -2.17. The maximum Gasteiger partial charge on any atom is 0.257 e. The molecule has 1 fully saturated rings. The highest BCUT2D eigenvalue weighted by atomic mass is 32.2. The van der Waals surface area contributed by atoms with Crippen LogP contribution >= 0.6 is 0 Å². The minimum atomic E-state index is -3.25. The quantitative estimate of drug-likeness (QED) is 0.638. The first kappa shape index (κ1) is 20.6. The van der Waals surface area contributed by atoms with Gasteiger partial charge in [0, 0.05) is 17.8 Å². The minimum Gasteiger partial charge on any atom is -0.322 e. The van der Waals surface area contributed by atoms with E-state index in [2.05, 4.69) is 10.6 Å². The van der Waals surface area contributed by atoms with Crippen molar-refractivity contribution in [1.82, 2.24) is 0 Å². The molecule has 3 aromatic carbocycles. The van der Waals surface area contributed by atoms with Gasteiger partial charge in [-0.15, -0.1) is 0 Å². The fourth-order valence-electron chi connectivity index (χ4n) is 3.41. The highest BCUT2D eigenvalue weighted by molar-refractivity contribution is 7.93.